The Kier molecular flexibility index (Phi) is 3.30. The predicted octanol–water partition coefficient (Wildman–Crippen LogP) is 1.20. The molecule has 1 aliphatic heterocycles. The highest BCUT2D eigenvalue weighted by Gasteiger charge is 2.20. The van der Waals surface area contributed by atoms with Crippen molar-refractivity contribution >= 4 is 11.7 Å². The van der Waals surface area contributed by atoms with Gasteiger partial charge in [-0.1, -0.05) is 0 Å². The molecule has 1 atom stereocenters. The monoisotopic (exact) mass is 235 g/mol. The number of carbonyl (C=O) groups is 1. The molecule has 0 bridgehead atoms. The van der Waals surface area contributed by atoms with E-state index in [1.165, 1.54) is 7.11 Å². The molecule has 1 aromatic carbocycles. The Balaban J connectivity index is 2.06. The van der Waals surface area contributed by atoms with Gasteiger partial charge in [0.15, 0.2) is 0 Å². The van der Waals surface area contributed by atoms with E-state index < -0.39 is 0 Å². The number of ether oxygens (including phenoxy) is 1. The predicted molar refractivity (Wildman–Crippen MR) is 60.7 cm³/mol. The summed E-state index contributed by atoms with van der Waals surface area (Å²) in [7, 11) is 1.34. The standard InChI is InChI=1S/C12H13NO4/c1-16-12(15)7-10-6-11(13-17-10)8-2-4-9(14)5-3-8/h2-6,10,13-14H,7H2,1H3. The number of esters is 1. The number of methoxy groups -OCH3 is 1. The average Bonchev–Trinajstić information content (AvgIpc) is 2.78. The van der Waals surface area contributed by atoms with Crippen LogP contribution in [0.3, 0.4) is 0 Å². The van der Waals surface area contributed by atoms with E-state index in [1.54, 1.807) is 24.3 Å². The zero-order valence-corrected chi connectivity index (χ0v) is 9.34. The molecule has 0 fully saturated rings. The van der Waals surface area contributed by atoms with Crippen LogP contribution in [0.5, 0.6) is 5.75 Å². The molecule has 5 nitrogen and oxygen atoms in total. The molecular formula is C12H13NO4. The Morgan fingerprint density at radius 1 is 1.47 bits per heavy atom. The van der Waals surface area contributed by atoms with Gasteiger partial charge in [0, 0.05) is 0 Å². The Bertz CT molecular complexity index is 438. The van der Waals surface area contributed by atoms with Gasteiger partial charge in [-0.05, 0) is 35.9 Å². The van der Waals surface area contributed by atoms with Crippen molar-refractivity contribution in [3.05, 3.63) is 35.9 Å². The molecule has 1 aromatic rings. The maximum atomic E-state index is 11.1. The molecule has 5 heteroatoms. The van der Waals surface area contributed by atoms with Gasteiger partial charge in [-0.25, -0.2) is 0 Å². The molecule has 0 aliphatic carbocycles. The van der Waals surface area contributed by atoms with Crippen LogP contribution < -0.4 is 5.48 Å². The first-order chi connectivity index (χ1) is 8.19. The number of phenols is 1. The number of hydrogen-bond acceptors (Lipinski definition) is 5. The van der Waals surface area contributed by atoms with Gasteiger partial charge in [0.25, 0.3) is 0 Å². The molecule has 17 heavy (non-hydrogen) atoms. The Hall–Kier alpha value is -2.01. The summed E-state index contributed by atoms with van der Waals surface area (Å²) in [6.07, 6.45) is 1.65. The first-order valence-electron chi connectivity index (χ1n) is 5.19. The lowest BCUT2D eigenvalue weighted by Crippen LogP contribution is -2.16. The molecule has 1 unspecified atom stereocenters. The van der Waals surface area contributed by atoms with Crippen molar-refractivity contribution in [2.24, 2.45) is 0 Å². The van der Waals surface area contributed by atoms with Crippen molar-refractivity contribution in [2.75, 3.05) is 7.11 Å². The summed E-state index contributed by atoms with van der Waals surface area (Å²) in [4.78, 5) is 16.3. The lowest BCUT2D eigenvalue weighted by Gasteiger charge is -2.05. The molecule has 0 saturated heterocycles. The number of carbonyl (C=O) groups excluding carboxylic acids is 1. The van der Waals surface area contributed by atoms with Crippen molar-refractivity contribution in [3.8, 4) is 5.75 Å². The van der Waals surface area contributed by atoms with E-state index in [2.05, 4.69) is 10.2 Å². The smallest absolute Gasteiger partial charge is 0.308 e. The van der Waals surface area contributed by atoms with Crippen LogP contribution >= 0.6 is 0 Å². The Labute approximate surface area is 98.6 Å². The third kappa shape index (κ3) is 2.76. The number of phenolic OH excluding ortho intramolecular Hbond substituents is 1. The van der Waals surface area contributed by atoms with Crippen LogP contribution in [0.1, 0.15) is 12.0 Å². The number of benzene rings is 1. The fraction of sp³-hybridized carbons (Fsp3) is 0.250. The van der Waals surface area contributed by atoms with Gasteiger partial charge in [0.2, 0.25) is 0 Å². The second-order valence-electron chi connectivity index (χ2n) is 3.67. The highest BCUT2D eigenvalue weighted by molar-refractivity contribution is 5.72. The molecule has 0 aromatic heterocycles. The van der Waals surface area contributed by atoms with Crippen LogP contribution in [0.2, 0.25) is 0 Å². The zero-order valence-electron chi connectivity index (χ0n) is 9.34. The topological polar surface area (TPSA) is 67.8 Å². The van der Waals surface area contributed by atoms with Crippen LogP contribution in [0, 0.1) is 0 Å². The Morgan fingerprint density at radius 2 is 2.18 bits per heavy atom. The van der Waals surface area contributed by atoms with Crippen LogP contribution in [-0.2, 0) is 14.4 Å². The molecule has 0 saturated carbocycles. The van der Waals surface area contributed by atoms with Crippen molar-refractivity contribution < 1.29 is 19.5 Å². The van der Waals surface area contributed by atoms with Crippen LogP contribution in [0.25, 0.3) is 5.70 Å². The molecule has 0 spiro atoms. The van der Waals surface area contributed by atoms with Gasteiger partial charge >= 0.3 is 5.97 Å². The number of hydroxylamine groups is 1. The minimum atomic E-state index is -0.328. The summed E-state index contributed by atoms with van der Waals surface area (Å²) >= 11 is 0. The molecule has 2 rings (SSSR count). The molecule has 90 valence electrons. The van der Waals surface area contributed by atoms with Crippen molar-refractivity contribution in [1.29, 1.82) is 0 Å². The van der Waals surface area contributed by atoms with Gasteiger partial charge < -0.3 is 9.84 Å². The minimum absolute atomic E-state index is 0.172. The first-order valence-corrected chi connectivity index (χ1v) is 5.19. The van der Waals surface area contributed by atoms with E-state index in [1.807, 2.05) is 6.08 Å². The van der Waals surface area contributed by atoms with E-state index in [9.17, 15) is 9.90 Å². The molecule has 2 N–H and O–H groups in total. The van der Waals surface area contributed by atoms with E-state index >= 15 is 0 Å². The molecule has 1 aliphatic rings. The molecule has 0 amide bonds. The number of hydrogen-bond donors (Lipinski definition) is 2. The number of rotatable bonds is 3. The third-order valence-electron chi connectivity index (χ3n) is 2.45. The second-order valence-corrected chi connectivity index (χ2v) is 3.67. The van der Waals surface area contributed by atoms with Gasteiger partial charge in [0.05, 0.1) is 19.2 Å². The van der Waals surface area contributed by atoms with Crippen molar-refractivity contribution in [3.63, 3.8) is 0 Å². The minimum Gasteiger partial charge on any atom is -0.508 e. The molecule has 0 radical (unpaired) electrons. The SMILES string of the molecule is COC(=O)CC1C=C(c2ccc(O)cc2)NO1. The Morgan fingerprint density at radius 3 is 2.82 bits per heavy atom. The van der Waals surface area contributed by atoms with Crippen molar-refractivity contribution in [2.45, 2.75) is 12.5 Å². The summed E-state index contributed by atoms with van der Waals surface area (Å²) in [5.74, 6) is -0.112. The fourth-order valence-electron chi connectivity index (χ4n) is 1.54. The first kappa shape index (κ1) is 11.5. The quantitative estimate of drug-likeness (QED) is 0.770. The highest BCUT2D eigenvalue weighted by Crippen LogP contribution is 2.21. The van der Waals surface area contributed by atoms with Gasteiger partial charge in [0.1, 0.15) is 11.9 Å². The van der Waals surface area contributed by atoms with E-state index in [-0.39, 0.29) is 24.2 Å². The summed E-state index contributed by atoms with van der Waals surface area (Å²) in [5.41, 5.74) is 4.40. The summed E-state index contributed by atoms with van der Waals surface area (Å²) in [5, 5.41) is 9.17. The third-order valence-corrected chi connectivity index (χ3v) is 2.45. The van der Waals surface area contributed by atoms with Crippen molar-refractivity contribution in [1.82, 2.24) is 5.48 Å². The van der Waals surface area contributed by atoms with Crippen LogP contribution in [0.15, 0.2) is 30.3 Å². The molecule has 1 heterocycles. The number of nitrogens with one attached hydrogen (secondary N) is 1. The van der Waals surface area contributed by atoms with E-state index in [0.717, 1.165) is 11.3 Å². The summed E-state index contributed by atoms with van der Waals surface area (Å²) in [6, 6.07) is 6.70. The second kappa shape index (κ2) is 4.88. The highest BCUT2D eigenvalue weighted by atomic mass is 16.7. The van der Waals surface area contributed by atoms with E-state index in [4.69, 9.17) is 4.84 Å². The average molecular weight is 235 g/mol. The van der Waals surface area contributed by atoms with E-state index in [0.29, 0.717) is 0 Å². The van der Waals surface area contributed by atoms with Gasteiger partial charge in [-0.15, -0.1) is 0 Å². The maximum Gasteiger partial charge on any atom is 0.308 e. The number of aromatic hydroxyl groups is 1. The van der Waals surface area contributed by atoms with Gasteiger partial charge in [-0.2, -0.15) is 0 Å². The normalized spacial score (nSPS) is 18.4. The van der Waals surface area contributed by atoms with Crippen LogP contribution in [-0.4, -0.2) is 24.3 Å². The zero-order chi connectivity index (χ0) is 12.3. The van der Waals surface area contributed by atoms with Gasteiger partial charge in [-0.3, -0.25) is 15.1 Å². The lowest BCUT2D eigenvalue weighted by atomic mass is 10.1. The maximum absolute atomic E-state index is 11.1. The fourth-order valence-corrected chi connectivity index (χ4v) is 1.54. The summed E-state index contributed by atoms with van der Waals surface area (Å²) in [6.45, 7) is 0. The molecular weight excluding hydrogens is 222 g/mol. The summed E-state index contributed by atoms with van der Waals surface area (Å²) < 4.78 is 4.56. The van der Waals surface area contributed by atoms with Crippen LogP contribution in [0.4, 0.5) is 0 Å². The lowest BCUT2D eigenvalue weighted by molar-refractivity contribution is -0.143. The largest absolute Gasteiger partial charge is 0.508 e.